The Bertz CT molecular complexity index is 206. The van der Waals surface area contributed by atoms with Crippen LogP contribution in [0.4, 0.5) is 0 Å². The summed E-state index contributed by atoms with van der Waals surface area (Å²) in [4.78, 5) is 0. The third-order valence-electron chi connectivity index (χ3n) is 4.68. The number of unbranched alkanes of at least 4 members (excludes halogenated alkanes) is 6. The van der Waals surface area contributed by atoms with Gasteiger partial charge in [-0.05, 0) is 19.3 Å². The summed E-state index contributed by atoms with van der Waals surface area (Å²) in [7, 11) is 0. The minimum Gasteiger partial charge on any atom is -0.366 e. The van der Waals surface area contributed by atoms with E-state index in [9.17, 15) is 0 Å². The largest absolute Gasteiger partial charge is 0.366 e. The third kappa shape index (κ3) is 3.98. The van der Waals surface area contributed by atoms with Gasteiger partial charge in [0.15, 0.2) is 0 Å². The molecule has 2 rings (SSSR count). The Labute approximate surface area is 107 Å². The van der Waals surface area contributed by atoms with Gasteiger partial charge in [0.1, 0.15) is 0 Å². The van der Waals surface area contributed by atoms with E-state index in [2.05, 4.69) is 6.92 Å². The van der Waals surface area contributed by atoms with Gasteiger partial charge in [-0.3, -0.25) is 0 Å². The molecule has 100 valence electrons. The molecule has 1 heteroatoms. The molecule has 17 heavy (non-hydrogen) atoms. The van der Waals surface area contributed by atoms with E-state index in [4.69, 9.17) is 4.74 Å². The Kier molecular flexibility index (Phi) is 5.34. The van der Waals surface area contributed by atoms with Crippen molar-refractivity contribution in [3.05, 3.63) is 0 Å². The first kappa shape index (κ1) is 13.4. The van der Waals surface area contributed by atoms with Gasteiger partial charge in [0.2, 0.25) is 0 Å². The molecule has 1 aliphatic carbocycles. The van der Waals surface area contributed by atoms with Crippen LogP contribution < -0.4 is 0 Å². The Balaban J connectivity index is 1.44. The zero-order valence-corrected chi connectivity index (χ0v) is 11.7. The van der Waals surface area contributed by atoms with Crippen LogP contribution in [0.15, 0.2) is 0 Å². The van der Waals surface area contributed by atoms with Crippen LogP contribution >= 0.6 is 0 Å². The van der Waals surface area contributed by atoms with Gasteiger partial charge in [0.05, 0.1) is 11.7 Å². The Morgan fingerprint density at radius 1 is 0.882 bits per heavy atom. The number of hydrogen-bond donors (Lipinski definition) is 0. The predicted octanol–water partition coefficient (Wildman–Crippen LogP) is 5.23. The van der Waals surface area contributed by atoms with Crippen molar-refractivity contribution < 1.29 is 4.74 Å². The van der Waals surface area contributed by atoms with Crippen LogP contribution in [-0.4, -0.2) is 11.7 Å². The first-order chi connectivity index (χ1) is 8.37. The van der Waals surface area contributed by atoms with Crippen molar-refractivity contribution in [2.24, 2.45) is 0 Å². The summed E-state index contributed by atoms with van der Waals surface area (Å²) >= 11 is 0. The summed E-state index contributed by atoms with van der Waals surface area (Å²) in [5, 5.41) is 0. The topological polar surface area (TPSA) is 12.5 Å². The summed E-state index contributed by atoms with van der Waals surface area (Å²) in [5.41, 5.74) is 0.389. The van der Waals surface area contributed by atoms with Gasteiger partial charge in [-0.2, -0.15) is 0 Å². The molecule has 0 aromatic carbocycles. The third-order valence-corrected chi connectivity index (χ3v) is 4.68. The van der Waals surface area contributed by atoms with Crippen LogP contribution in [0, 0.1) is 0 Å². The number of epoxide rings is 1. The lowest BCUT2D eigenvalue weighted by molar-refractivity contribution is 0.232. The molecule has 1 unspecified atom stereocenters. The monoisotopic (exact) mass is 238 g/mol. The number of rotatable bonds is 8. The average Bonchev–Trinajstić information content (AvgIpc) is 3.01. The van der Waals surface area contributed by atoms with Crippen molar-refractivity contribution in [2.45, 2.75) is 102 Å². The summed E-state index contributed by atoms with van der Waals surface area (Å²) in [6.45, 7) is 2.29. The molecule has 1 spiro atoms. The average molecular weight is 238 g/mol. The highest BCUT2D eigenvalue weighted by atomic mass is 16.6. The molecule has 1 saturated heterocycles. The van der Waals surface area contributed by atoms with E-state index in [1.165, 1.54) is 83.5 Å². The molecule has 0 aromatic rings. The van der Waals surface area contributed by atoms with Gasteiger partial charge in [0, 0.05) is 0 Å². The normalized spacial score (nSPS) is 26.3. The van der Waals surface area contributed by atoms with Gasteiger partial charge in [-0.15, -0.1) is 0 Å². The van der Waals surface area contributed by atoms with Crippen molar-refractivity contribution in [1.29, 1.82) is 0 Å². The zero-order chi connectivity index (χ0) is 12.0. The summed E-state index contributed by atoms with van der Waals surface area (Å²) in [6.07, 6.45) is 18.9. The second-order valence-corrected chi connectivity index (χ2v) is 6.14. The van der Waals surface area contributed by atoms with E-state index in [1.54, 1.807) is 0 Å². The van der Waals surface area contributed by atoms with E-state index < -0.39 is 0 Å². The Hall–Kier alpha value is -0.0400. The SMILES string of the molecule is CCCCCCCCCC1OC12CCCCC2. The van der Waals surface area contributed by atoms with E-state index in [0.29, 0.717) is 11.7 Å². The fraction of sp³-hybridized carbons (Fsp3) is 1.00. The van der Waals surface area contributed by atoms with Crippen LogP contribution in [0.5, 0.6) is 0 Å². The number of hydrogen-bond acceptors (Lipinski definition) is 1. The molecule has 1 atom stereocenters. The molecule has 0 amide bonds. The second kappa shape index (κ2) is 6.78. The first-order valence-electron chi connectivity index (χ1n) is 8.05. The Morgan fingerprint density at radius 3 is 2.24 bits per heavy atom. The van der Waals surface area contributed by atoms with Gasteiger partial charge in [0.25, 0.3) is 0 Å². The van der Waals surface area contributed by atoms with Crippen LogP contribution in [0.2, 0.25) is 0 Å². The number of ether oxygens (including phenoxy) is 1. The lowest BCUT2D eigenvalue weighted by atomic mass is 9.85. The molecule has 2 aliphatic rings. The summed E-state index contributed by atoms with van der Waals surface area (Å²) in [5.74, 6) is 0. The lowest BCUT2D eigenvalue weighted by Gasteiger charge is -2.18. The highest BCUT2D eigenvalue weighted by molar-refractivity contribution is 5.03. The minimum absolute atomic E-state index is 0.389. The standard InChI is InChI=1S/C16H30O/c1-2-3-4-5-6-7-9-12-15-16(17-15)13-10-8-11-14-16/h15H,2-14H2,1H3. The molecule has 2 fully saturated rings. The smallest absolute Gasteiger partial charge is 0.0948 e. The highest BCUT2D eigenvalue weighted by Crippen LogP contribution is 2.50. The minimum atomic E-state index is 0.389. The molecule has 0 aromatic heterocycles. The van der Waals surface area contributed by atoms with Gasteiger partial charge >= 0.3 is 0 Å². The lowest BCUT2D eigenvalue weighted by Crippen LogP contribution is -2.18. The Morgan fingerprint density at radius 2 is 1.53 bits per heavy atom. The van der Waals surface area contributed by atoms with Crippen molar-refractivity contribution in [3.63, 3.8) is 0 Å². The van der Waals surface area contributed by atoms with E-state index in [-0.39, 0.29) is 0 Å². The van der Waals surface area contributed by atoms with Crippen molar-refractivity contribution in [1.82, 2.24) is 0 Å². The molecule has 0 bridgehead atoms. The maximum absolute atomic E-state index is 5.99. The van der Waals surface area contributed by atoms with Gasteiger partial charge in [-0.25, -0.2) is 0 Å². The van der Waals surface area contributed by atoms with Gasteiger partial charge < -0.3 is 4.74 Å². The van der Waals surface area contributed by atoms with E-state index in [1.807, 2.05) is 0 Å². The zero-order valence-electron chi connectivity index (χ0n) is 11.7. The van der Waals surface area contributed by atoms with Crippen LogP contribution in [0.3, 0.4) is 0 Å². The summed E-state index contributed by atoms with van der Waals surface area (Å²) < 4.78 is 5.99. The van der Waals surface area contributed by atoms with E-state index in [0.717, 1.165) is 0 Å². The summed E-state index contributed by atoms with van der Waals surface area (Å²) in [6, 6.07) is 0. The van der Waals surface area contributed by atoms with Crippen molar-refractivity contribution in [3.8, 4) is 0 Å². The molecule has 1 aliphatic heterocycles. The molecule has 1 heterocycles. The predicted molar refractivity (Wildman–Crippen MR) is 73.3 cm³/mol. The maximum atomic E-state index is 5.99. The quantitative estimate of drug-likeness (QED) is 0.417. The molecule has 1 saturated carbocycles. The second-order valence-electron chi connectivity index (χ2n) is 6.14. The van der Waals surface area contributed by atoms with Crippen LogP contribution in [0.1, 0.15) is 90.4 Å². The van der Waals surface area contributed by atoms with Gasteiger partial charge in [-0.1, -0.05) is 71.1 Å². The fourth-order valence-corrected chi connectivity index (χ4v) is 3.45. The highest BCUT2D eigenvalue weighted by Gasteiger charge is 2.55. The van der Waals surface area contributed by atoms with Crippen molar-refractivity contribution >= 4 is 0 Å². The molecule has 0 N–H and O–H groups in total. The van der Waals surface area contributed by atoms with E-state index >= 15 is 0 Å². The molecule has 0 radical (unpaired) electrons. The van der Waals surface area contributed by atoms with Crippen LogP contribution in [-0.2, 0) is 4.74 Å². The fourth-order valence-electron chi connectivity index (χ4n) is 3.45. The first-order valence-corrected chi connectivity index (χ1v) is 8.05. The molecular formula is C16H30O. The maximum Gasteiger partial charge on any atom is 0.0948 e. The molecule has 1 nitrogen and oxygen atoms in total. The molecular weight excluding hydrogens is 208 g/mol. The van der Waals surface area contributed by atoms with Crippen molar-refractivity contribution in [2.75, 3.05) is 0 Å². The van der Waals surface area contributed by atoms with Crippen LogP contribution in [0.25, 0.3) is 0 Å².